The van der Waals surface area contributed by atoms with Crippen LogP contribution in [0.3, 0.4) is 0 Å². The van der Waals surface area contributed by atoms with Crippen LogP contribution in [0.15, 0.2) is 29.1 Å². The first-order chi connectivity index (χ1) is 21.7. The van der Waals surface area contributed by atoms with Gasteiger partial charge < -0.3 is 24.8 Å². The first-order valence-corrected chi connectivity index (χ1v) is 15.5. The van der Waals surface area contributed by atoms with Crippen LogP contribution in [0.1, 0.15) is 81.8 Å². The molecule has 0 saturated heterocycles. The van der Waals surface area contributed by atoms with Crippen LogP contribution >= 0.6 is 0 Å². The molecule has 12 heteroatoms. The quantitative estimate of drug-likeness (QED) is 0.239. The number of hydrogen-bond acceptors (Lipinski definition) is 9. The number of hydrogen-bond donors (Lipinski definition) is 4. The maximum Gasteiger partial charge on any atom is 0.249 e. The molecule has 3 aromatic rings. The molecule has 1 saturated carbocycles. The lowest BCUT2D eigenvalue weighted by molar-refractivity contribution is -0.120. The van der Waals surface area contributed by atoms with Crippen LogP contribution in [0.5, 0.6) is 17.2 Å². The Bertz CT molecular complexity index is 1630. The number of anilines is 2. The Morgan fingerprint density at radius 3 is 2.44 bits per heavy atom. The van der Waals surface area contributed by atoms with Crippen molar-refractivity contribution in [1.82, 2.24) is 20.5 Å². The SMILES string of the molecule is CCC(C)C(Nc1ccc2c(cc1=O)C(NC(C)=O)CCc1cc(OC)c(OC)c(OC)c1-2)C(=O)Nc1n[nH]c(C2CCC2)n1. The summed E-state index contributed by atoms with van der Waals surface area (Å²) in [7, 11) is 4.66. The summed E-state index contributed by atoms with van der Waals surface area (Å²) in [6, 6.07) is 5.77. The van der Waals surface area contributed by atoms with Gasteiger partial charge in [0.05, 0.1) is 33.1 Å². The van der Waals surface area contributed by atoms with E-state index in [4.69, 9.17) is 14.2 Å². The topological polar surface area (TPSA) is 157 Å². The summed E-state index contributed by atoms with van der Waals surface area (Å²) >= 11 is 0. The standard InChI is InChI=1S/C33H42N6O6/c1-7-17(2)28(32(42)37-33-36-31(38-39-33)19-9-8-10-19)35-24-14-12-21-22(16-25(24)41)23(34-18(3)40)13-11-20-15-26(43-4)29(44-5)30(45-6)27(20)21/h12,14-17,19,23,28H,7-11,13H2,1-6H3,(H,34,40)(H,35,41)(H2,36,37,38,39,42). The third kappa shape index (κ3) is 6.45. The number of benzene rings is 1. The number of rotatable bonds is 11. The summed E-state index contributed by atoms with van der Waals surface area (Å²) in [6.07, 6.45) is 5.10. The van der Waals surface area contributed by atoms with Gasteiger partial charge in [-0.15, -0.1) is 5.10 Å². The van der Waals surface area contributed by atoms with Gasteiger partial charge in [-0.1, -0.05) is 32.8 Å². The minimum absolute atomic E-state index is 0.123. The summed E-state index contributed by atoms with van der Waals surface area (Å²) in [5.74, 6) is 2.09. The summed E-state index contributed by atoms with van der Waals surface area (Å²) < 4.78 is 17.2. The number of carbonyl (C=O) groups is 2. The van der Waals surface area contributed by atoms with E-state index in [9.17, 15) is 14.4 Å². The second kappa shape index (κ2) is 13.6. The molecular formula is C33H42N6O6. The average Bonchev–Trinajstić information content (AvgIpc) is 3.31. The molecule has 12 nitrogen and oxygen atoms in total. The predicted octanol–water partition coefficient (Wildman–Crippen LogP) is 4.71. The van der Waals surface area contributed by atoms with Gasteiger partial charge in [0.1, 0.15) is 11.9 Å². The minimum atomic E-state index is -0.743. The van der Waals surface area contributed by atoms with Gasteiger partial charge in [0.15, 0.2) is 11.5 Å². The number of fused-ring (bicyclic) bond motifs is 3. The molecule has 3 unspecified atom stereocenters. The number of methoxy groups -OCH3 is 3. The van der Waals surface area contributed by atoms with E-state index in [1.165, 1.54) is 13.0 Å². The Kier molecular flexibility index (Phi) is 9.60. The molecule has 1 fully saturated rings. The summed E-state index contributed by atoms with van der Waals surface area (Å²) in [5, 5.41) is 16.2. The Morgan fingerprint density at radius 1 is 1.07 bits per heavy atom. The minimum Gasteiger partial charge on any atom is -0.493 e. The van der Waals surface area contributed by atoms with Crippen molar-refractivity contribution in [2.24, 2.45) is 5.92 Å². The van der Waals surface area contributed by atoms with Gasteiger partial charge in [0.25, 0.3) is 0 Å². The molecule has 1 heterocycles. The summed E-state index contributed by atoms with van der Waals surface area (Å²) in [4.78, 5) is 44.2. The number of aromatic nitrogens is 3. The van der Waals surface area contributed by atoms with Crippen molar-refractivity contribution < 1.29 is 23.8 Å². The highest BCUT2D eigenvalue weighted by atomic mass is 16.5. The summed E-state index contributed by atoms with van der Waals surface area (Å²) in [5.41, 5.74) is 2.95. The molecule has 0 spiro atoms. The number of carbonyl (C=O) groups excluding carboxylic acids is 2. The molecule has 4 N–H and O–H groups in total. The maximum atomic E-state index is 13.9. The fraction of sp³-hybridized carbons (Fsp3) is 0.485. The van der Waals surface area contributed by atoms with E-state index in [2.05, 4.69) is 31.1 Å². The van der Waals surface area contributed by atoms with Gasteiger partial charge >= 0.3 is 0 Å². The van der Waals surface area contributed by atoms with E-state index < -0.39 is 12.1 Å². The molecule has 2 amide bonds. The van der Waals surface area contributed by atoms with Gasteiger partial charge in [-0.2, -0.15) is 4.98 Å². The molecule has 0 bridgehead atoms. The molecule has 0 radical (unpaired) electrons. The van der Waals surface area contributed by atoms with E-state index >= 15 is 0 Å². The average molecular weight is 619 g/mol. The van der Waals surface area contributed by atoms with Crippen molar-refractivity contribution in [3.63, 3.8) is 0 Å². The highest BCUT2D eigenvalue weighted by Crippen LogP contribution is 2.50. The molecule has 2 aliphatic carbocycles. The van der Waals surface area contributed by atoms with Crippen LogP contribution in [-0.2, 0) is 16.0 Å². The highest BCUT2D eigenvalue weighted by Gasteiger charge is 2.31. The van der Waals surface area contributed by atoms with Crippen molar-refractivity contribution in [3.8, 4) is 28.4 Å². The molecular weight excluding hydrogens is 576 g/mol. The number of amides is 2. The van der Waals surface area contributed by atoms with Crippen LogP contribution < -0.4 is 35.6 Å². The second-order valence-electron chi connectivity index (χ2n) is 11.8. The first kappa shape index (κ1) is 31.8. The number of aromatic amines is 1. The Morgan fingerprint density at radius 2 is 1.82 bits per heavy atom. The summed E-state index contributed by atoms with van der Waals surface area (Å²) in [6.45, 7) is 5.39. The van der Waals surface area contributed by atoms with Crippen LogP contribution in [-0.4, -0.2) is 54.4 Å². The number of nitrogens with zero attached hydrogens (tertiary/aromatic N) is 2. The maximum absolute atomic E-state index is 13.9. The van der Waals surface area contributed by atoms with Crippen LogP contribution in [0.25, 0.3) is 11.1 Å². The van der Waals surface area contributed by atoms with Crippen LogP contribution in [0, 0.1) is 5.92 Å². The lowest BCUT2D eigenvalue weighted by Gasteiger charge is -2.23. The first-order valence-electron chi connectivity index (χ1n) is 15.5. The highest BCUT2D eigenvalue weighted by molar-refractivity contribution is 5.95. The van der Waals surface area contributed by atoms with Gasteiger partial charge in [-0.05, 0) is 66.5 Å². The van der Waals surface area contributed by atoms with Crippen LogP contribution in [0.4, 0.5) is 11.6 Å². The van der Waals surface area contributed by atoms with Crippen molar-refractivity contribution >= 4 is 23.5 Å². The fourth-order valence-corrected chi connectivity index (χ4v) is 6.08. The normalized spacial score (nSPS) is 17.0. The van der Waals surface area contributed by atoms with Crippen molar-refractivity contribution in [1.29, 1.82) is 0 Å². The third-order valence-corrected chi connectivity index (χ3v) is 8.95. The van der Waals surface area contributed by atoms with E-state index in [0.29, 0.717) is 53.6 Å². The lowest BCUT2D eigenvalue weighted by Crippen LogP contribution is -2.41. The lowest BCUT2D eigenvalue weighted by atomic mass is 9.85. The van der Waals surface area contributed by atoms with Crippen molar-refractivity contribution in [2.75, 3.05) is 32.0 Å². The fourth-order valence-electron chi connectivity index (χ4n) is 6.08. The molecule has 0 aliphatic heterocycles. The van der Waals surface area contributed by atoms with Gasteiger partial charge in [-0.3, -0.25) is 24.8 Å². The molecule has 1 aromatic heterocycles. The second-order valence-corrected chi connectivity index (χ2v) is 11.8. The third-order valence-electron chi connectivity index (χ3n) is 8.95. The number of aryl methyl sites for hydroxylation is 1. The molecule has 2 aliphatic rings. The monoisotopic (exact) mass is 618 g/mol. The number of H-pyrrole nitrogens is 1. The van der Waals surface area contributed by atoms with Crippen molar-refractivity contribution in [2.45, 2.75) is 77.3 Å². The Hall–Kier alpha value is -4.61. The molecule has 3 atom stereocenters. The predicted molar refractivity (Wildman–Crippen MR) is 171 cm³/mol. The van der Waals surface area contributed by atoms with E-state index in [-0.39, 0.29) is 34.8 Å². The van der Waals surface area contributed by atoms with Gasteiger partial charge in [0, 0.05) is 18.4 Å². The molecule has 45 heavy (non-hydrogen) atoms. The molecule has 240 valence electrons. The molecule has 2 aromatic carbocycles. The zero-order valence-electron chi connectivity index (χ0n) is 26.7. The number of ether oxygens (including phenoxy) is 3. The Balaban J connectivity index is 1.56. The van der Waals surface area contributed by atoms with Crippen molar-refractivity contribution in [3.05, 3.63) is 51.4 Å². The van der Waals surface area contributed by atoms with E-state index in [0.717, 1.165) is 36.2 Å². The van der Waals surface area contributed by atoms with Gasteiger partial charge in [-0.25, -0.2) is 0 Å². The van der Waals surface area contributed by atoms with Crippen LogP contribution in [0.2, 0.25) is 0 Å². The van der Waals surface area contributed by atoms with E-state index in [1.54, 1.807) is 27.4 Å². The molecule has 5 rings (SSSR count). The zero-order chi connectivity index (χ0) is 32.2. The van der Waals surface area contributed by atoms with Gasteiger partial charge in [0.2, 0.25) is 28.9 Å². The smallest absolute Gasteiger partial charge is 0.249 e. The zero-order valence-corrected chi connectivity index (χ0v) is 26.7. The largest absolute Gasteiger partial charge is 0.493 e. The Labute approximate surface area is 262 Å². The van der Waals surface area contributed by atoms with E-state index in [1.807, 2.05) is 26.0 Å². The number of nitrogens with one attached hydrogen (secondary N) is 4.